The molecule has 1 aliphatic rings. The van der Waals surface area contributed by atoms with Crippen LogP contribution in [-0.4, -0.2) is 30.4 Å². The first-order valence-corrected chi connectivity index (χ1v) is 9.83. The topological polar surface area (TPSA) is 46.3 Å². The lowest BCUT2D eigenvalue weighted by Crippen LogP contribution is -2.29. The Morgan fingerprint density at radius 3 is 2.80 bits per heavy atom. The number of thioether (sulfide) groups is 1. The number of benzene rings is 2. The number of carbonyl (C=O) groups excluding carboxylic acids is 1. The zero-order valence-electron chi connectivity index (χ0n) is 15.0. The van der Waals surface area contributed by atoms with Gasteiger partial charge in [0.15, 0.2) is 0 Å². The monoisotopic (exact) mass is 354 g/mol. The summed E-state index contributed by atoms with van der Waals surface area (Å²) >= 11 is 1.82. The molecule has 0 bridgehead atoms. The lowest BCUT2D eigenvalue weighted by Gasteiger charge is -2.17. The average molecular weight is 355 g/mol. The molecule has 1 amide bonds. The molecule has 3 rings (SSSR count). The average Bonchev–Trinajstić information content (AvgIpc) is 3.10. The largest absolute Gasteiger partial charge is 0.338 e. The fourth-order valence-electron chi connectivity index (χ4n) is 3.31. The first-order chi connectivity index (χ1) is 12.1. The van der Waals surface area contributed by atoms with Crippen LogP contribution in [0.5, 0.6) is 0 Å². The number of carbonyl (C=O) groups is 1. The van der Waals surface area contributed by atoms with Crippen molar-refractivity contribution in [3.05, 3.63) is 64.7 Å². The molecule has 3 nitrogen and oxygen atoms in total. The molecule has 1 atom stereocenters. The van der Waals surface area contributed by atoms with Crippen LogP contribution in [0.1, 0.15) is 33.5 Å². The van der Waals surface area contributed by atoms with E-state index in [9.17, 15) is 4.79 Å². The number of hydrogen-bond donors (Lipinski definition) is 1. The van der Waals surface area contributed by atoms with Crippen molar-refractivity contribution in [3.63, 3.8) is 0 Å². The lowest BCUT2D eigenvalue weighted by atomic mass is 10.1. The van der Waals surface area contributed by atoms with Gasteiger partial charge in [0.1, 0.15) is 0 Å². The Labute approximate surface area is 154 Å². The Hall–Kier alpha value is -1.78. The van der Waals surface area contributed by atoms with Crippen molar-refractivity contribution in [2.45, 2.75) is 30.9 Å². The van der Waals surface area contributed by atoms with Gasteiger partial charge < -0.3 is 10.6 Å². The number of hydrogen-bond acceptors (Lipinski definition) is 3. The molecule has 0 spiro atoms. The fourth-order valence-corrected chi connectivity index (χ4v) is 4.26. The predicted octanol–water partition coefficient (Wildman–Crippen LogP) is 4.02. The van der Waals surface area contributed by atoms with Crippen molar-refractivity contribution in [1.82, 2.24) is 4.90 Å². The minimum atomic E-state index is 0.134. The fraction of sp³-hybridized carbons (Fsp3) is 0.381. The summed E-state index contributed by atoms with van der Waals surface area (Å²) in [6.07, 6.45) is 1.02. The van der Waals surface area contributed by atoms with Crippen molar-refractivity contribution < 1.29 is 4.79 Å². The van der Waals surface area contributed by atoms with E-state index in [0.717, 1.165) is 30.8 Å². The van der Waals surface area contributed by atoms with Gasteiger partial charge in [-0.15, -0.1) is 11.8 Å². The number of nitrogens with two attached hydrogens (primary N) is 1. The molecule has 25 heavy (non-hydrogen) atoms. The van der Waals surface area contributed by atoms with Gasteiger partial charge in [0.25, 0.3) is 5.91 Å². The second-order valence-electron chi connectivity index (χ2n) is 6.90. The number of rotatable bonds is 5. The van der Waals surface area contributed by atoms with Gasteiger partial charge in [0, 0.05) is 29.3 Å². The molecule has 0 aromatic heterocycles. The van der Waals surface area contributed by atoms with Crippen LogP contribution in [0.4, 0.5) is 0 Å². The van der Waals surface area contributed by atoms with E-state index >= 15 is 0 Å². The van der Waals surface area contributed by atoms with Gasteiger partial charge >= 0.3 is 0 Å². The van der Waals surface area contributed by atoms with E-state index in [-0.39, 0.29) is 5.91 Å². The van der Waals surface area contributed by atoms with E-state index in [0.29, 0.717) is 12.5 Å². The van der Waals surface area contributed by atoms with Crippen LogP contribution in [0.25, 0.3) is 0 Å². The molecule has 2 N–H and O–H groups in total. The minimum absolute atomic E-state index is 0.134. The van der Waals surface area contributed by atoms with Crippen molar-refractivity contribution in [3.8, 4) is 0 Å². The van der Waals surface area contributed by atoms with E-state index in [1.54, 1.807) is 0 Å². The molecular formula is C21H26N2OS. The van der Waals surface area contributed by atoms with Crippen LogP contribution in [0.2, 0.25) is 0 Å². The zero-order chi connectivity index (χ0) is 17.8. The molecule has 0 aliphatic carbocycles. The third-order valence-corrected chi connectivity index (χ3v) is 6.05. The normalized spacial score (nSPS) is 17.1. The molecule has 1 unspecified atom stereocenters. The first kappa shape index (κ1) is 18.0. The predicted molar refractivity (Wildman–Crippen MR) is 105 cm³/mol. The molecule has 4 heteroatoms. The van der Waals surface area contributed by atoms with Gasteiger partial charge in [-0.05, 0) is 62.1 Å². The third kappa shape index (κ3) is 4.44. The lowest BCUT2D eigenvalue weighted by molar-refractivity contribution is 0.0787. The summed E-state index contributed by atoms with van der Waals surface area (Å²) in [7, 11) is 0. The van der Waals surface area contributed by atoms with E-state index in [1.165, 1.54) is 21.6 Å². The molecule has 1 heterocycles. The van der Waals surface area contributed by atoms with Gasteiger partial charge in [-0.2, -0.15) is 0 Å². The number of nitrogens with zero attached hydrogens (tertiary/aromatic N) is 1. The summed E-state index contributed by atoms with van der Waals surface area (Å²) in [5, 5.41) is 0. The Bertz CT molecular complexity index is 759. The molecule has 2 aromatic carbocycles. The molecule has 1 aliphatic heterocycles. The highest BCUT2D eigenvalue weighted by atomic mass is 32.2. The maximum Gasteiger partial charge on any atom is 0.253 e. The van der Waals surface area contributed by atoms with Crippen molar-refractivity contribution in [2.24, 2.45) is 11.7 Å². The second kappa shape index (κ2) is 8.07. The van der Waals surface area contributed by atoms with Crippen LogP contribution < -0.4 is 5.73 Å². The second-order valence-corrected chi connectivity index (χ2v) is 7.92. The van der Waals surface area contributed by atoms with Crippen molar-refractivity contribution in [2.75, 3.05) is 19.6 Å². The Morgan fingerprint density at radius 1 is 1.24 bits per heavy atom. The smallest absolute Gasteiger partial charge is 0.253 e. The van der Waals surface area contributed by atoms with Crippen molar-refractivity contribution in [1.29, 1.82) is 0 Å². The van der Waals surface area contributed by atoms with Gasteiger partial charge in [-0.25, -0.2) is 0 Å². The number of aryl methyl sites for hydroxylation is 2. The summed E-state index contributed by atoms with van der Waals surface area (Å²) in [5.74, 6) is 1.46. The van der Waals surface area contributed by atoms with E-state index < -0.39 is 0 Å². The Kier molecular flexibility index (Phi) is 5.82. The molecule has 0 saturated carbocycles. The highest BCUT2D eigenvalue weighted by Crippen LogP contribution is 2.27. The molecule has 1 fully saturated rings. The molecule has 132 valence electrons. The molecule has 0 radical (unpaired) electrons. The number of amides is 1. The summed E-state index contributed by atoms with van der Waals surface area (Å²) in [5.41, 5.74) is 10.3. The SMILES string of the molecule is Cc1ccc(SCc2cccc(C(=O)N3CCC(CN)C3)c2)c(C)c1. The van der Waals surface area contributed by atoms with Crippen LogP contribution in [0, 0.1) is 19.8 Å². The van der Waals surface area contributed by atoms with Gasteiger partial charge in [0.05, 0.1) is 0 Å². The van der Waals surface area contributed by atoms with Crippen LogP contribution in [0.15, 0.2) is 47.4 Å². The van der Waals surface area contributed by atoms with Crippen LogP contribution in [0.3, 0.4) is 0 Å². The van der Waals surface area contributed by atoms with Gasteiger partial charge in [-0.1, -0.05) is 29.8 Å². The maximum atomic E-state index is 12.7. The van der Waals surface area contributed by atoms with E-state index in [1.807, 2.05) is 34.9 Å². The standard InChI is InChI=1S/C21H26N2OS/c1-15-6-7-20(16(2)10-15)25-14-17-4-3-5-19(11-17)21(24)23-9-8-18(12-22)13-23/h3-7,10-11,18H,8-9,12-14,22H2,1-2H3. The zero-order valence-corrected chi connectivity index (χ0v) is 15.8. The maximum absolute atomic E-state index is 12.7. The Morgan fingerprint density at radius 2 is 2.08 bits per heavy atom. The van der Waals surface area contributed by atoms with Crippen LogP contribution >= 0.6 is 11.8 Å². The van der Waals surface area contributed by atoms with Gasteiger partial charge in [-0.3, -0.25) is 4.79 Å². The number of likely N-dealkylation sites (tertiary alicyclic amines) is 1. The van der Waals surface area contributed by atoms with E-state index in [4.69, 9.17) is 5.73 Å². The minimum Gasteiger partial charge on any atom is -0.338 e. The molecular weight excluding hydrogens is 328 g/mol. The molecule has 1 saturated heterocycles. The summed E-state index contributed by atoms with van der Waals surface area (Å²) in [4.78, 5) is 15.9. The molecule has 2 aromatic rings. The Balaban J connectivity index is 1.66. The highest BCUT2D eigenvalue weighted by molar-refractivity contribution is 7.98. The highest BCUT2D eigenvalue weighted by Gasteiger charge is 2.25. The third-order valence-electron chi connectivity index (χ3n) is 4.81. The first-order valence-electron chi connectivity index (χ1n) is 8.85. The summed E-state index contributed by atoms with van der Waals surface area (Å²) in [6, 6.07) is 14.6. The van der Waals surface area contributed by atoms with Gasteiger partial charge in [0.2, 0.25) is 0 Å². The summed E-state index contributed by atoms with van der Waals surface area (Å²) in [6.45, 7) is 6.54. The quantitative estimate of drug-likeness (QED) is 0.825. The summed E-state index contributed by atoms with van der Waals surface area (Å²) < 4.78 is 0. The van der Waals surface area contributed by atoms with E-state index in [2.05, 4.69) is 38.1 Å². The van der Waals surface area contributed by atoms with Crippen molar-refractivity contribution >= 4 is 17.7 Å². The van der Waals surface area contributed by atoms with Crippen LogP contribution in [-0.2, 0) is 5.75 Å².